The first-order valence-corrected chi connectivity index (χ1v) is 8.98. The Balaban J connectivity index is 1.52. The zero-order valence-corrected chi connectivity index (χ0v) is 14.3. The Bertz CT molecular complexity index is 618. The fourth-order valence-electron chi connectivity index (χ4n) is 3.27. The van der Waals surface area contributed by atoms with Crippen molar-refractivity contribution >= 4 is 0 Å². The van der Waals surface area contributed by atoms with E-state index in [0.29, 0.717) is 6.54 Å². The maximum atomic E-state index is 5.87. The normalized spacial score (nSPS) is 14.9. The maximum Gasteiger partial charge on any atom is 0.119 e. The van der Waals surface area contributed by atoms with Crippen LogP contribution in [-0.4, -0.2) is 37.7 Å². The van der Waals surface area contributed by atoms with Crippen LogP contribution in [0.5, 0.6) is 5.75 Å². The molecule has 24 heavy (non-hydrogen) atoms. The Morgan fingerprint density at radius 3 is 2.62 bits per heavy atom. The summed E-state index contributed by atoms with van der Waals surface area (Å²) in [5, 5.41) is 0. The van der Waals surface area contributed by atoms with Gasteiger partial charge in [-0.05, 0) is 80.2 Å². The fourth-order valence-corrected chi connectivity index (χ4v) is 3.27. The molecule has 3 rings (SSSR count). The Labute approximate surface area is 145 Å². The fraction of sp³-hybridized carbons (Fsp3) is 0.429. The molecule has 0 aliphatic carbocycles. The molecule has 1 aliphatic rings. The summed E-state index contributed by atoms with van der Waals surface area (Å²) in [6.45, 7) is 4.92. The molecule has 1 saturated heterocycles. The standard InChI is InChI=1S/C21H27N2O/c22-12-11-19-5-1-2-6-20(19)17-18-7-9-21(10-8-18)24-16-15-23-13-3-4-14-23/h1-2,5,7-10H,3-4,11-17,22H2. The lowest BCUT2D eigenvalue weighted by Gasteiger charge is -2.15. The quantitative estimate of drug-likeness (QED) is 0.811. The van der Waals surface area contributed by atoms with Crippen LogP contribution in [0.15, 0.2) is 42.5 Å². The van der Waals surface area contributed by atoms with Crippen LogP contribution in [0.3, 0.4) is 0 Å². The van der Waals surface area contributed by atoms with Crippen molar-refractivity contribution in [3.63, 3.8) is 0 Å². The number of rotatable bonds is 8. The molecule has 1 fully saturated rings. The van der Waals surface area contributed by atoms with Gasteiger partial charge in [0.15, 0.2) is 0 Å². The van der Waals surface area contributed by atoms with Crippen molar-refractivity contribution in [1.29, 1.82) is 0 Å². The molecule has 2 aromatic rings. The van der Waals surface area contributed by atoms with E-state index in [1.807, 2.05) is 12.1 Å². The first-order chi connectivity index (χ1) is 11.8. The van der Waals surface area contributed by atoms with E-state index in [-0.39, 0.29) is 0 Å². The second-order valence-electron chi connectivity index (χ2n) is 6.43. The minimum Gasteiger partial charge on any atom is -0.492 e. The van der Waals surface area contributed by atoms with Crippen LogP contribution in [-0.2, 0) is 12.8 Å². The van der Waals surface area contributed by atoms with Gasteiger partial charge in [-0.25, -0.2) is 0 Å². The maximum absolute atomic E-state index is 5.87. The van der Waals surface area contributed by atoms with Crippen molar-refractivity contribution in [2.75, 3.05) is 32.8 Å². The highest BCUT2D eigenvalue weighted by Gasteiger charge is 2.10. The van der Waals surface area contributed by atoms with Crippen molar-refractivity contribution < 1.29 is 4.74 Å². The lowest BCUT2D eigenvalue weighted by Crippen LogP contribution is -2.25. The highest BCUT2D eigenvalue weighted by Crippen LogP contribution is 2.18. The number of benzene rings is 2. The molecule has 0 aromatic heterocycles. The van der Waals surface area contributed by atoms with E-state index in [4.69, 9.17) is 10.5 Å². The molecule has 0 atom stereocenters. The van der Waals surface area contributed by atoms with E-state index < -0.39 is 0 Å². The van der Waals surface area contributed by atoms with E-state index in [1.165, 1.54) is 42.6 Å². The Hall–Kier alpha value is -1.84. The highest BCUT2D eigenvalue weighted by atomic mass is 16.5. The molecule has 0 bridgehead atoms. The lowest BCUT2D eigenvalue weighted by atomic mass is 9.98. The topological polar surface area (TPSA) is 38.5 Å². The molecule has 0 spiro atoms. The van der Waals surface area contributed by atoms with Crippen molar-refractivity contribution in [1.82, 2.24) is 4.90 Å². The van der Waals surface area contributed by atoms with E-state index >= 15 is 0 Å². The van der Waals surface area contributed by atoms with Crippen LogP contribution in [0.2, 0.25) is 0 Å². The van der Waals surface area contributed by atoms with E-state index in [1.54, 1.807) is 0 Å². The number of hydrogen-bond donors (Lipinski definition) is 1. The molecule has 3 nitrogen and oxygen atoms in total. The number of likely N-dealkylation sites (tertiary alicyclic amines) is 1. The van der Waals surface area contributed by atoms with Crippen LogP contribution >= 0.6 is 0 Å². The minimum absolute atomic E-state index is 0.675. The van der Waals surface area contributed by atoms with Gasteiger partial charge in [0.25, 0.3) is 0 Å². The summed E-state index contributed by atoms with van der Waals surface area (Å²) in [5.74, 6) is 0.956. The zero-order valence-electron chi connectivity index (χ0n) is 14.3. The molecular weight excluding hydrogens is 296 g/mol. The first-order valence-electron chi connectivity index (χ1n) is 8.98. The molecule has 0 unspecified atom stereocenters. The summed E-state index contributed by atoms with van der Waals surface area (Å²) in [7, 11) is 0. The van der Waals surface area contributed by atoms with Crippen LogP contribution in [0.1, 0.15) is 29.5 Å². The smallest absolute Gasteiger partial charge is 0.119 e. The largest absolute Gasteiger partial charge is 0.492 e. The third-order valence-electron chi connectivity index (χ3n) is 4.63. The molecule has 1 aliphatic heterocycles. The van der Waals surface area contributed by atoms with Crippen LogP contribution in [0.25, 0.3) is 0 Å². The second kappa shape index (κ2) is 8.86. The molecule has 0 amide bonds. The molecule has 2 N–H and O–H groups in total. The van der Waals surface area contributed by atoms with Crippen LogP contribution in [0, 0.1) is 6.07 Å². The zero-order chi connectivity index (χ0) is 16.6. The molecule has 127 valence electrons. The third-order valence-corrected chi connectivity index (χ3v) is 4.63. The predicted molar refractivity (Wildman–Crippen MR) is 98.5 cm³/mol. The highest BCUT2D eigenvalue weighted by molar-refractivity contribution is 5.34. The molecule has 0 saturated carbocycles. The summed E-state index contributed by atoms with van der Waals surface area (Å²) in [6.07, 6.45) is 4.46. The summed E-state index contributed by atoms with van der Waals surface area (Å²) in [5.41, 5.74) is 9.52. The van der Waals surface area contributed by atoms with Gasteiger partial charge in [-0.1, -0.05) is 30.3 Å². The lowest BCUT2D eigenvalue weighted by molar-refractivity contribution is 0.238. The molecular formula is C21H27N2O. The number of nitrogens with two attached hydrogens (primary N) is 1. The first kappa shape index (κ1) is 17.0. The van der Waals surface area contributed by atoms with Crippen molar-refractivity contribution in [2.45, 2.75) is 25.7 Å². The van der Waals surface area contributed by atoms with Crippen molar-refractivity contribution in [3.05, 3.63) is 65.2 Å². The molecule has 2 aromatic carbocycles. The Kier molecular flexibility index (Phi) is 6.27. The minimum atomic E-state index is 0.675. The molecule has 1 heterocycles. The van der Waals surface area contributed by atoms with E-state index in [0.717, 1.165) is 31.7 Å². The number of nitrogens with zero attached hydrogens (tertiary/aromatic N) is 1. The second-order valence-corrected chi connectivity index (χ2v) is 6.43. The summed E-state index contributed by atoms with van der Waals surface area (Å²) < 4.78 is 5.87. The van der Waals surface area contributed by atoms with Crippen molar-refractivity contribution in [2.24, 2.45) is 5.73 Å². The van der Waals surface area contributed by atoms with Gasteiger partial charge in [0, 0.05) is 6.54 Å². The summed E-state index contributed by atoms with van der Waals surface area (Å²) >= 11 is 0. The SMILES string of the molecule is NCCc1ccc[c]c1Cc1ccc(OCCN2CCCC2)cc1. The van der Waals surface area contributed by atoms with Gasteiger partial charge in [-0.15, -0.1) is 0 Å². The van der Waals surface area contributed by atoms with Crippen molar-refractivity contribution in [3.8, 4) is 5.75 Å². The van der Waals surface area contributed by atoms with Crippen LogP contribution in [0.4, 0.5) is 0 Å². The number of hydrogen-bond acceptors (Lipinski definition) is 3. The monoisotopic (exact) mass is 323 g/mol. The Morgan fingerprint density at radius 1 is 1.08 bits per heavy atom. The van der Waals surface area contributed by atoms with E-state index in [9.17, 15) is 0 Å². The van der Waals surface area contributed by atoms with Gasteiger partial charge >= 0.3 is 0 Å². The van der Waals surface area contributed by atoms with Gasteiger partial charge in [-0.2, -0.15) is 0 Å². The summed E-state index contributed by atoms with van der Waals surface area (Å²) in [4.78, 5) is 2.47. The Morgan fingerprint density at radius 2 is 1.88 bits per heavy atom. The third kappa shape index (κ3) is 4.83. The van der Waals surface area contributed by atoms with Gasteiger partial charge in [0.05, 0.1) is 0 Å². The van der Waals surface area contributed by atoms with E-state index in [2.05, 4.69) is 41.3 Å². The molecule has 1 radical (unpaired) electrons. The van der Waals surface area contributed by atoms with Gasteiger partial charge in [0.2, 0.25) is 0 Å². The van der Waals surface area contributed by atoms with Gasteiger partial charge in [0.1, 0.15) is 12.4 Å². The predicted octanol–water partition coefficient (Wildman–Crippen LogP) is 3.05. The number of ether oxygens (including phenoxy) is 1. The van der Waals surface area contributed by atoms with Gasteiger partial charge < -0.3 is 10.5 Å². The van der Waals surface area contributed by atoms with Crippen LogP contribution < -0.4 is 10.5 Å². The average Bonchev–Trinajstić information content (AvgIpc) is 3.12. The molecule has 3 heteroatoms. The summed E-state index contributed by atoms with van der Waals surface area (Å²) in [6, 6.07) is 18.0. The van der Waals surface area contributed by atoms with Gasteiger partial charge in [-0.3, -0.25) is 4.90 Å². The average molecular weight is 323 g/mol.